The average Bonchev–Trinajstić information content (AvgIpc) is 3.17. The van der Waals surface area contributed by atoms with E-state index in [2.05, 4.69) is 40.7 Å². The predicted molar refractivity (Wildman–Crippen MR) is 151 cm³/mol. The summed E-state index contributed by atoms with van der Waals surface area (Å²) in [5, 5.41) is 11.9. The van der Waals surface area contributed by atoms with Gasteiger partial charge in [0.15, 0.2) is 0 Å². The highest BCUT2D eigenvalue weighted by molar-refractivity contribution is 5.82. The molecule has 4 aliphatic rings. The van der Waals surface area contributed by atoms with Crippen LogP contribution in [0.15, 0.2) is 11.6 Å². The molecule has 0 aromatic heterocycles. The molecule has 0 radical (unpaired) electrons. The van der Waals surface area contributed by atoms with Crippen molar-refractivity contribution in [2.45, 2.75) is 131 Å². The van der Waals surface area contributed by atoms with Crippen LogP contribution in [-0.2, 0) is 23.9 Å². The van der Waals surface area contributed by atoms with Crippen molar-refractivity contribution >= 4 is 17.7 Å². The standard InChI is InChI=1S/C33H52O6/c1-9-23(19(2)3)28(36)18-33(8,37)30-11-10-25-24-17-29(39-21(5)35)27-16-22(38-20(4)34)12-14-31(27,6)26(24)13-15-32(25,30)7/h13,19,22-25,27,29-30,37H,9-12,14-18H2,1-8H3/t22-,23+,24-,25-,27+,29-,30-,31+,32-,33-/m0/s1. The van der Waals surface area contributed by atoms with Crippen molar-refractivity contribution in [3.63, 3.8) is 0 Å². The SMILES string of the molecule is CC[C@@H](C(=O)C[C@](C)(O)[C@H]1CC[C@H]2[C@@H]3C[C@H](OC(C)=O)[C@H]4C[C@@H](OC(C)=O)CC[C@]4(C)C3=CC[C@@]21C)C(C)C. The molecular weight excluding hydrogens is 492 g/mol. The minimum atomic E-state index is -1.05. The molecule has 6 nitrogen and oxygen atoms in total. The first-order valence-corrected chi connectivity index (χ1v) is 15.4. The third-order valence-electron chi connectivity index (χ3n) is 11.6. The number of Topliss-reactive ketones (excluding diaryl/α,β-unsaturated/α-hetero) is 1. The molecule has 3 saturated carbocycles. The van der Waals surface area contributed by atoms with Crippen molar-refractivity contribution < 1.29 is 29.0 Å². The van der Waals surface area contributed by atoms with Crippen LogP contribution < -0.4 is 0 Å². The minimum absolute atomic E-state index is 0.0128. The highest BCUT2D eigenvalue weighted by Crippen LogP contribution is 2.67. The summed E-state index contributed by atoms with van der Waals surface area (Å²) < 4.78 is 11.6. The molecule has 0 aromatic carbocycles. The van der Waals surface area contributed by atoms with Crippen LogP contribution >= 0.6 is 0 Å². The van der Waals surface area contributed by atoms with E-state index >= 15 is 0 Å². The van der Waals surface area contributed by atoms with Crippen LogP contribution in [0.4, 0.5) is 0 Å². The van der Waals surface area contributed by atoms with E-state index in [1.165, 1.54) is 19.4 Å². The molecule has 3 fully saturated rings. The van der Waals surface area contributed by atoms with E-state index in [1.54, 1.807) is 0 Å². The van der Waals surface area contributed by atoms with Crippen molar-refractivity contribution in [3.05, 3.63) is 11.6 Å². The third kappa shape index (κ3) is 5.48. The molecule has 0 bridgehead atoms. The number of aliphatic hydroxyl groups is 1. The second-order valence-corrected chi connectivity index (χ2v) is 14.4. The molecule has 0 amide bonds. The Kier molecular flexibility index (Phi) is 8.50. The van der Waals surface area contributed by atoms with Gasteiger partial charge in [-0.05, 0) is 92.8 Å². The maximum absolute atomic E-state index is 13.3. The van der Waals surface area contributed by atoms with E-state index in [-0.39, 0.29) is 76.8 Å². The smallest absolute Gasteiger partial charge is 0.302 e. The largest absolute Gasteiger partial charge is 0.463 e. The number of allylic oxidation sites excluding steroid dienone is 2. The van der Waals surface area contributed by atoms with Gasteiger partial charge >= 0.3 is 11.9 Å². The molecule has 10 atom stereocenters. The highest BCUT2D eigenvalue weighted by atomic mass is 16.5. The minimum Gasteiger partial charge on any atom is -0.463 e. The van der Waals surface area contributed by atoms with E-state index in [9.17, 15) is 19.5 Å². The van der Waals surface area contributed by atoms with Crippen LogP contribution in [0.5, 0.6) is 0 Å². The first-order chi connectivity index (χ1) is 18.1. The Balaban J connectivity index is 1.62. The molecule has 0 aromatic rings. The first kappa shape index (κ1) is 30.3. The summed E-state index contributed by atoms with van der Waals surface area (Å²) in [6.45, 7) is 15.8. The summed E-state index contributed by atoms with van der Waals surface area (Å²) in [7, 11) is 0. The second kappa shape index (κ2) is 10.9. The third-order valence-corrected chi connectivity index (χ3v) is 11.6. The molecule has 0 unspecified atom stereocenters. The zero-order valence-corrected chi connectivity index (χ0v) is 25.5. The maximum atomic E-state index is 13.3. The number of ketones is 1. The van der Waals surface area contributed by atoms with Crippen LogP contribution in [0, 0.1) is 46.3 Å². The average molecular weight is 545 g/mol. The summed E-state index contributed by atoms with van der Waals surface area (Å²) in [5.74, 6) is 0.749. The molecule has 0 spiro atoms. The van der Waals surface area contributed by atoms with E-state index in [0.717, 1.165) is 44.9 Å². The number of esters is 2. The number of hydrogen-bond acceptors (Lipinski definition) is 6. The summed E-state index contributed by atoms with van der Waals surface area (Å²) in [5.41, 5.74) is 0.216. The number of rotatable bonds is 8. The lowest BCUT2D eigenvalue weighted by Crippen LogP contribution is -2.56. The van der Waals surface area contributed by atoms with Crippen LogP contribution in [0.25, 0.3) is 0 Å². The molecule has 0 heterocycles. The van der Waals surface area contributed by atoms with Gasteiger partial charge in [0.2, 0.25) is 0 Å². The van der Waals surface area contributed by atoms with Gasteiger partial charge in [0.25, 0.3) is 0 Å². The molecular formula is C33H52O6. The Bertz CT molecular complexity index is 996. The zero-order valence-electron chi connectivity index (χ0n) is 25.5. The van der Waals surface area contributed by atoms with Gasteiger partial charge in [-0.1, -0.05) is 46.3 Å². The van der Waals surface area contributed by atoms with Crippen LogP contribution in [0.3, 0.4) is 0 Å². The van der Waals surface area contributed by atoms with E-state index in [0.29, 0.717) is 12.3 Å². The highest BCUT2D eigenvalue weighted by Gasteiger charge is 2.62. The number of ether oxygens (including phenoxy) is 2. The van der Waals surface area contributed by atoms with Gasteiger partial charge in [-0.15, -0.1) is 0 Å². The number of hydrogen-bond donors (Lipinski definition) is 1. The van der Waals surface area contributed by atoms with Gasteiger partial charge in [0, 0.05) is 32.1 Å². The Morgan fingerprint density at radius 3 is 2.31 bits per heavy atom. The fraction of sp³-hybridized carbons (Fsp3) is 0.848. The van der Waals surface area contributed by atoms with Crippen LogP contribution in [-0.4, -0.2) is 40.6 Å². The molecule has 4 aliphatic carbocycles. The van der Waals surface area contributed by atoms with Gasteiger partial charge in [0.05, 0.1) is 5.60 Å². The van der Waals surface area contributed by atoms with Crippen LogP contribution in [0.1, 0.15) is 113 Å². The fourth-order valence-electron chi connectivity index (χ4n) is 9.89. The number of fused-ring (bicyclic) bond motifs is 5. The van der Waals surface area contributed by atoms with Gasteiger partial charge < -0.3 is 14.6 Å². The molecule has 1 N–H and O–H groups in total. The van der Waals surface area contributed by atoms with E-state index in [1.807, 2.05) is 6.92 Å². The van der Waals surface area contributed by atoms with Gasteiger partial charge in [0.1, 0.15) is 18.0 Å². The summed E-state index contributed by atoms with van der Waals surface area (Å²) >= 11 is 0. The first-order valence-electron chi connectivity index (χ1n) is 15.4. The summed E-state index contributed by atoms with van der Waals surface area (Å²) in [4.78, 5) is 37.2. The monoisotopic (exact) mass is 544 g/mol. The lowest BCUT2D eigenvalue weighted by molar-refractivity contribution is -0.168. The Hall–Kier alpha value is -1.69. The Labute approximate surface area is 235 Å². The molecule has 39 heavy (non-hydrogen) atoms. The van der Waals surface area contributed by atoms with Crippen molar-refractivity contribution in [2.24, 2.45) is 46.3 Å². The normalized spacial score (nSPS) is 39.9. The topological polar surface area (TPSA) is 89.9 Å². The Morgan fingerprint density at radius 2 is 1.72 bits per heavy atom. The summed E-state index contributed by atoms with van der Waals surface area (Å²) in [6, 6.07) is 0. The molecule has 0 saturated heterocycles. The fourth-order valence-corrected chi connectivity index (χ4v) is 9.89. The molecule has 220 valence electrons. The van der Waals surface area contributed by atoms with Crippen molar-refractivity contribution in [2.75, 3.05) is 0 Å². The zero-order chi connectivity index (χ0) is 28.9. The van der Waals surface area contributed by atoms with Crippen molar-refractivity contribution in [3.8, 4) is 0 Å². The van der Waals surface area contributed by atoms with Gasteiger partial charge in [-0.3, -0.25) is 14.4 Å². The number of carbonyl (C=O) groups is 3. The van der Waals surface area contributed by atoms with Gasteiger partial charge in [-0.2, -0.15) is 0 Å². The second-order valence-electron chi connectivity index (χ2n) is 14.4. The van der Waals surface area contributed by atoms with E-state index in [4.69, 9.17) is 9.47 Å². The summed E-state index contributed by atoms with van der Waals surface area (Å²) in [6.07, 6.45) is 9.15. The quantitative estimate of drug-likeness (QED) is 0.280. The Morgan fingerprint density at radius 1 is 1.05 bits per heavy atom. The predicted octanol–water partition coefficient (Wildman–Crippen LogP) is 6.43. The van der Waals surface area contributed by atoms with E-state index < -0.39 is 5.60 Å². The lowest BCUT2D eigenvalue weighted by Gasteiger charge is -2.59. The lowest BCUT2D eigenvalue weighted by atomic mass is 9.47. The molecule has 0 aliphatic heterocycles. The molecule has 4 rings (SSSR count). The van der Waals surface area contributed by atoms with Gasteiger partial charge in [-0.25, -0.2) is 0 Å². The molecule has 6 heteroatoms. The maximum Gasteiger partial charge on any atom is 0.302 e. The van der Waals surface area contributed by atoms with Crippen molar-refractivity contribution in [1.82, 2.24) is 0 Å². The van der Waals surface area contributed by atoms with Crippen molar-refractivity contribution in [1.29, 1.82) is 0 Å². The van der Waals surface area contributed by atoms with Crippen LogP contribution in [0.2, 0.25) is 0 Å². The number of carbonyl (C=O) groups excluding carboxylic acids is 3.